The Hall–Kier alpha value is -4.40. The molecule has 0 saturated carbocycles. The van der Waals surface area contributed by atoms with Gasteiger partial charge in [0.1, 0.15) is 18.2 Å². The largest absolute Gasteiger partial charge is 0.497 e. The lowest BCUT2D eigenvalue weighted by Gasteiger charge is -2.12. The van der Waals surface area contributed by atoms with Gasteiger partial charge in [0.2, 0.25) is 0 Å². The minimum absolute atomic E-state index is 0.243. The van der Waals surface area contributed by atoms with Gasteiger partial charge >= 0.3 is 11.8 Å². The molecule has 0 fully saturated rings. The number of methoxy groups -OCH3 is 1. The van der Waals surface area contributed by atoms with E-state index in [1.165, 1.54) is 25.5 Å². The predicted molar refractivity (Wildman–Crippen MR) is 126 cm³/mol. The van der Waals surface area contributed by atoms with Crippen LogP contribution in [0.1, 0.15) is 18.1 Å². The number of rotatable bonds is 9. The van der Waals surface area contributed by atoms with Crippen LogP contribution in [0.5, 0.6) is 17.2 Å². The predicted octanol–water partition coefficient (Wildman–Crippen LogP) is 3.90. The summed E-state index contributed by atoms with van der Waals surface area (Å²) in [6.45, 7) is 2.50. The standard InChI is InChI=1S/C25H24FN3O5/c1-3-33-23-14-18(6-13-22(23)34-16-17-4-7-19(26)8-5-17)15-27-29-25(31)24(30)28-20-9-11-21(32-2)12-10-20/h4-15H,3,16H2,1-2H3,(H,28,30)(H,29,31)/b27-15-. The molecule has 2 amide bonds. The third-order valence-electron chi connectivity index (χ3n) is 4.51. The maximum absolute atomic E-state index is 13.1. The Labute approximate surface area is 196 Å². The van der Waals surface area contributed by atoms with Crippen molar-refractivity contribution in [2.75, 3.05) is 19.0 Å². The van der Waals surface area contributed by atoms with Crippen molar-refractivity contribution in [3.05, 3.63) is 83.7 Å². The van der Waals surface area contributed by atoms with E-state index >= 15 is 0 Å². The number of nitrogens with one attached hydrogen (secondary N) is 2. The summed E-state index contributed by atoms with van der Waals surface area (Å²) >= 11 is 0. The van der Waals surface area contributed by atoms with E-state index in [0.29, 0.717) is 35.1 Å². The van der Waals surface area contributed by atoms with Gasteiger partial charge in [-0.2, -0.15) is 5.10 Å². The van der Waals surface area contributed by atoms with Crippen LogP contribution in [0.3, 0.4) is 0 Å². The van der Waals surface area contributed by atoms with Crippen molar-refractivity contribution in [3.63, 3.8) is 0 Å². The summed E-state index contributed by atoms with van der Waals surface area (Å²) in [7, 11) is 1.53. The highest BCUT2D eigenvalue weighted by Gasteiger charge is 2.13. The molecule has 3 rings (SSSR count). The van der Waals surface area contributed by atoms with E-state index in [9.17, 15) is 14.0 Å². The van der Waals surface area contributed by atoms with Gasteiger partial charge in [-0.1, -0.05) is 12.1 Å². The van der Waals surface area contributed by atoms with Crippen molar-refractivity contribution in [1.29, 1.82) is 0 Å². The fourth-order valence-electron chi connectivity index (χ4n) is 2.81. The molecule has 0 unspecified atom stereocenters. The third-order valence-corrected chi connectivity index (χ3v) is 4.51. The van der Waals surface area contributed by atoms with Gasteiger partial charge in [-0.15, -0.1) is 0 Å². The quantitative estimate of drug-likeness (QED) is 0.284. The van der Waals surface area contributed by atoms with Gasteiger partial charge in [0, 0.05) is 5.69 Å². The normalized spacial score (nSPS) is 10.6. The summed E-state index contributed by atoms with van der Waals surface area (Å²) in [5, 5.41) is 6.29. The summed E-state index contributed by atoms with van der Waals surface area (Å²) in [5.74, 6) is -0.473. The van der Waals surface area contributed by atoms with Gasteiger partial charge in [-0.05, 0) is 72.6 Å². The highest BCUT2D eigenvalue weighted by Crippen LogP contribution is 2.29. The number of hydrogen-bond acceptors (Lipinski definition) is 6. The summed E-state index contributed by atoms with van der Waals surface area (Å²) in [6, 6.07) is 17.7. The van der Waals surface area contributed by atoms with Crippen LogP contribution in [-0.2, 0) is 16.2 Å². The van der Waals surface area contributed by atoms with Crippen LogP contribution in [0.4, 0.5) is 10.1 Å². The Morgan fingerprint density at radius 3 is 2.35 bits per heavy atom. The lowest BCUT2D eigenvalue weighted by Crippen LogP contribution is -2.32. The summed E-state index contributed by atoms with van der Waals surface area (Å²) in [5.41, 5.74) is 4.06. The summed E-state index contributed by atoms with van der Waals surface area (Å²) in [4.78, 5) is 24.0. The first-order valence-corrected chi connectivity index (χ1v) is 10.4. The number of halogens is 1. The van der Waals surface area contributed by atoms with Crippen molar-refractivity contribution in [1.82, 2.24) is 5.43 Å². The molecule has 0 heterocycles. The molecule has 3 aromatic carbocycles. The van der Waals surface area contributed by atoms with Crippen LogP contribution in [0.15, 0.2) is 71.8 Å². The van der Waals surface area contributed by atoms with E-state index in [4.69, 9.17) is 14.2 Å². The number of carbonyl (C=O) groups excluding carboxylic acids is 2. The molecule has 0 aromatic heterocycles. The monoisotopic (exact) mass is 465 g/mol. The first-order valence-electron chi connectivity index (χ1n) is 10.4. The van der Waals surface area contributed by atoms with Crippen LogP contribution in [0.25, 0.3) is 0 Å². The molecule has 9 heteroatoms. The van der Waals surface area contributed by atoms with Crippen molar-refractivity contribution >= 4 is 23.7 Å². The first-order chi connectivity index (χ1) is 16.5. The molecule has 0 radical (unpaired) electrons. The molecule has 3 aromatic rings. The fourth-order valence-corrected chi connectivity index (χ4v) is 2.81. The molecule has 0 atom stereocenters. The molecule has 176 valence electrons. The highest BCUT2D eigenvalue weighted by molar-refractivity contribution is 6.39. The van der Waals surface area contributed by atoms with Crippen molar-refractivity contribution in [2.24, 2.45) is 5.10 Å². The Morgan fingerprint density at radius 2 is 1.68 bits per heavy atom. The number of hydrogen-bond donors (Lipinski definition) is 2. The minimum atomic E-state index is -0.920. The van der Waals surface area contributed by atoms with Gasteiger partial charge < -0.3 is 19.5 Å². The Kier molecular flexibility index (Phi) is 8.56. The minimum Gasteiger partial charge on any atom is -0.497 e. The number of nitrogens with zero attached hydrogens (tertiary/aromatic N) is 1. The second-order valence-corrected chi connectivity index (χ2v) is 6.94. The number of amides is 2. The molecule has 8 nitrogen and oxygen atoms in total. The number of ether oxygens (including phenoxy) is 3. The number of carbonyl (C=O) groups is 2. The molecule has 0 spiro atoms. The van der Waals surface area contributed by atoms with E-state index in [1.807, 2.05) is 6.92 Å². The van der Waals surface area contributed by atoms with Crippen LogP contribution in [0, 0.1) is 5.82 Å². The van der Waals surface area contributed by atoms with Crippen LogP contribution in [0.2, 0.25) is 0 Å². The molecule has 0 aliphatic heterocycles. The van der Waals surface area contributed by atoms with Gasteiger partial charge in [0.25, 0.3) is 0 Å². The van der Waals surface area contributed by atoms with Gasteiger partial charge in [0.05, 0.1) is 19.9 Å². The van der Waals surface area contributed by atoms with Crippen LogP contribution < -0.4 is 25.0 Å². The Balaban J connectivity index is 1.57. The average Bonchev–Trinajstić information content (AvgIpc) is 2.85. The molecule has 0 bridgehead atoms. The first kappa shape index (κ1) is 24.2. The van der Waals surface area contributed by atoms with Crippen molar-refractivity contribution in [3.8, 4) is 17.2 Å². The molecule has 34 heavy (non-hydrogen) atoms. The van der Waals surface area contributed by atoms with E-state index in [0.717, 1.165) is 5.56 Å². The highest BCUT2D eigenvalue weighted by atomic mass is 19.1. The van der Waals surface area contributed by atoms with Gasteiger partial charge in [-0.3, -0.25) is 9.59 Å². The lowest BCUT2D eigenvalue weighted by molar-refractivity contribution is -0.136. The van der Waals surface area contributed by atoms with Crippen molar-refractivity contribution < 1.29 is 28.2 Å². The molecule has 0 aliphatic rings. The number of benzene rings is 3. The molecular formula is C25H24FN3O5. The average molecular weight is 465 g/mol. The zero-order valence-electron chi connectivity index (χ0n) is 18.7. The topological polar surface area (TPSA) is 98.2 Å². The van der Waals surface area contributed by atoms with E-state index in [1.54, 1.807) is 54.6 Å². The smallest absolute Gasteiger partial charge is 0.329 e. The fraction of sp³-hybridized carbons (Fsp3) is 0.160. The lowest BCUT2D eigenvalue weighted by atomic mass is 10.2. The second kappa shape index (κ2) is 12.0. The summed E-state index contributed by atoms with van der Waals surface area (Å²) < 4.78 is 29.5. The zero-order valence-corrected chi connectivity index (χ0v) is 18.7. The SMILES string of the molecule is CCOc1cc(/C=N\NC(=O)C(=O)Nc2ccc(OC)cc2)ccc1OCc1ccc(F)cc1. The van der Waals surface area contributed by atoms with Crippen molar-refractivity contribution in [2.45, 2.75) is 13.5 Å². The van der Waals surface area contributed by atoms with Crippen LogP contribution in [-0.4, -0.2) is 31.7 Å². The molecule has 0 saturated heterocycles. The van der Waals surface area contributed by atoms with Gasteiger partial charge in [0.15, 0.2) is 11.5 Å². The molecule has 2 N–H and O–H groups in total. The van der Waals surface area contributed by atoms with E-state index < -0.39 is 11.8 Å². The van der Waals surface area contributed by atoms with E-state index in [2.05, 4.69) is 15.8 Å². The number of hydrazone groups is 1. The zero-order chi connectivity index (χ0) is 24.3. The second-order valence-electron chi connectivity index (χ2n) is 6.94. The maximum Gasteiger partial charge on any atom is 0.329 e. The summed E-state index contributed by atoms with van der Waals surface area (Å²) in [6.07, 6.45) is 1.38. The molecule has 0 aliphatic carbocycles. The Morgan fingerprint density at radius 1 is 0.941 bits per heavy atom. The molecular weight excluding hydrogens is 441 g/mol. The maximum atomic E-state index is 13.1. The third kappa shape index (κ3) is 7.06. The van der Waals surface area contributed by atoms with E-state index in [-0.39, 0.29) is 12.4 Å². The Bertz CT molecular complexity index is 1150. The van der Waals surface area contributed by atoms with Crippen LogP contribution >= 0.6 is 0 Å². The number of anilines is 1. The van der Waals surface area contributed by atoms with Gasteiger partial charge in [-0.25, -0.2) is 9.82 Å².